The second-order valence-corrected chi connectivity index (χ2v) is 6.65. The molecule has 0 aliphatic heterocycles. The Morgan fingerprint density at radius 2 is 1.77 bits per heavy atom. The molecule has 1 atom stereocenters. The molecule has 2 heterocycles. The molecule has 0 bridgehead atoms. The lowest BCUT2D eigenvalue weighted by atomic mass is 9.96. The van der Waals surface area contributed by atoms with Gasteiger partial charge in [-0.3, -0.25) is 4.98 Å². The molecule has 0 saturated carbocycles. The number of hydrogen-bond acceptors (Lipinski definition) is 4. The number of hydrogen-bond donors (Lipinski definition) is 1. The topological polar surface area (TPSA) is 69.8 Å². The van der Waals surface area contributed by atoms with Gasteiger partial charge >= 0.3 is 6.18 Å². The third kappa shape index (κ3) is 3.61. The molecule has 0 spiro atoms. The average Bonchev–Trinajstić information content (AvgIpc) is 2.77. The Balaban J connectivity index is 2.03. The second-order valence-electron chi connectivity index (χ2n) is 6.65. The van der Waals surface area contributed by atoms with Crippen LogP contribution in [-0.4, -0.2) is 15.1 Å². The van der Waals surface area contributed by atoms with Crippen LogP contribution in [0, 0.1) is 11.3 Å². The van der Waals surface area contributed by atoms with Crippen molar-refractivity contribution in [3.05, 3.63) is 95.3 Å². The molecule has 0 radical (unpaired) electrons. The molecule has 0 amide bonds. The van der Waals surface area contributed by atoms with Crippen molar-refractivity contribution < 1.29 is 18.3 Å². The smallest absolute Gasteiger partial charge is 0.382 e. The van der Waals surface area contributed by atoms with E-state index < -0.39 is 17.8 Å². The zero-order chi connectivity index (χ0) is 21.3. The molecule has 0 aliphatic rings. The minimum atomic E-state index is -4.62. The molecule has 4 nitrogen and oxygen atoms in total. The van der Waals surface area contributed by atoms with Crippen molar-refractivity contribution in [2.45, 2.75) is 12.3 Å². The first-order valence-corrected chi connectivity index (χ1v) is 8.99. The second kappa shape index (κ2) is 7.58. The molecule has 2 aromatic carbocycles. The quantitative estimate of drug-likeness (QED) is 0.504. The van der Waals surface area contributed by atoms with Gasteiger partial charge in [0.25, 0.3) is 0 Å². The monoisotopic (exact) mass is 405 g/mol. The van der Waals surface area contributed by atoms with Crippen LogP contribution in [0.15, 0.2) is 72.9 Å². The molecule has 4 rings (SSSR count). The molecule has 0 aliphatic carbocycles. The molecule has 0 fully saturated rings. The van der Waals surface area contributed by atoms with Gasteiger partial charge in [-0.1, -0.05) is 30.3 Å². The summed E-state index contributed by atoms with van der Waals surface area (Å²) in [5, 5.41) is 20.3. The first kappa shape index (κ1) is 19.6. The van der Waals surface area contributed by atoms with Crippen molar-refractivity contribution in [2.24, 2.45) is 0 Å². The van der Waals surface area contributed by atoms with E-state index in [0.717, 1.165) is 6.07 Å². The van der Waals surface area contributed by atoms with Crippen molar-refractivity contribution in [3.8, 4) is 17.3 Å². The Morgan fingerprint density at radius 3 is 2.47 bits per heavy atom. The zero-order valence-corrected chi connectivity index (χ0v) is 15.4. The SMILES string of the molecule is N#Cc1cccc(-c2cc(C(O)c3ccccn3)c3cccc(C(F)(F)F)c3n2)c1. The van der Waals surface area contributed by atoms with E-state index in [1.54, 1.807) is 48.5 Å². The number of para-hydroxylation sites is 1. The van der Waals surface area contributed by atoms with Gasteiger partial charge in [-0.25, -0.2) is 4.98 Å². The van der Waals surface area contributed by atoms with E-state index in [1.165, 1.54) is 18.3 Å². The summed E-state index contributed by atoms with van der Waals surface area (Å²) >= 11 is 0. The minimum absolute atomic E-state index is 0.183. The molecule has 2 aromatic heterocycles. The van der Waals surface area contributed by atoms with Gasteiger partial charge < -0.3 is 5.11 Å². The maximum absolute atomic E-state index is 13.7. The van der Waals surface area contributed by atoms with E-state index in [0.29, 0.717) is 16.8 Å². The fraction of sp³-hybridized carbons (Fsp3) is 0.0870. The van der Waals surface area contributed by atoms with Crippen molar-refractivity contribution in [3.63, 3.8) is 0 Å². The summed E-state index contributed by atoms with van der Waals surface area (Å²) in [6, 6.07) is 18.7. The van der Waals surface area contributed by atoms with Crippen LogP contribution in [0.2, 0.25) is 0 Å². The highest BCUT2D eigenvalue weighted by molar-refractivity contribution is 5.89. The number of aliphatic hydroxyl groups excluding tert-OH is 1. The molecule has 1 unspecified atom stereocenters. The van der Waals surface area contributed by atoms with Gasteiger partial charge in [-0.2, -0.15) is 18.4 Å². The number of nitriles is 1. The fourth-order valence-corrected chi connectivity index (χ4v) is 3.32. The number of halogens is 3. The van der Waals surface area contributed by atoms with Crippen molar-refractivity contribution in [1.82, 2.24) is 9.97 Å². The van der Waals surface area contributed by atoms with E-state index in [9.17, 15) is 18.3 Å². The fourth-order valence-electron chi connectivity index (χ4n) is 3.32. The summed E-state index contributed by atoms with van der Waals surface area (Å²) in [5.74, 6) is 0. The van der Waals surface area contributed by atoms with Crippen molar-refractivity contribution in [2.75, 3.05) is 0 Å². The van der Waals surface area contributed by atoms with Crippen LogP contribution in [0.25, 0.3) is 22.2 Å². The van der Waals surface area contributed by atoms with Crippen LogP contribution in [-0.2, 0) is 6.18 Å². The van der Waals surface area contributed by atoms with Gasteiger partial charge in [-0.05, 0) is 42.0 Å². The Bertz CT molecular complexity index is 1260. The number of benzene rings is 2. The maximum atomic E-state index is 13.7. The molecule has 0 saturated heterocycles. The number of fused-ring (bicyclic) bond motifs is 1. The van der Waals surface area contributed by atoms with Crippen LogP contribution in [0.5, 0.6) is 0 Å². The van der Waals surface area contributed by atoms with Gasteiger partial charge in [0.05, 0.1) is 34.1 Å². The average molecular weight is 405 g/mol. The summed E-state index contributed by atoms with van der Waals surface area (Å²) in [6.45, 7) is 0. The van der Waals surface area contributed by atoms with Crippen molar-refractivity contribution >= 4 is 10.9 Å². The highest BCUT2D eigenvalue weighted by Gasteiger charge is 2.34. The highest BCUT2D eigenvalue weighted by atomic mass is 19.4. The lowest BCUT2D eigenvalue weighted by Crippen LogP contribution is -2.09. The van der Waals surface area contributed by atoms with E-state index >= 15 is 0 Å². The zero-order valence-electron chi connectivity index (χ0n) is 15.4. The highest BCUT2D eigenvalue weighted by Crippen LogP contribution is 2.38. The Labute approximate surface area is 169 Å². The maximum Gasteiger partial charge on any atom is 0.418 e. The molecular weight excluding hydrogens is 391 g/mol. The first-order valence-electron chi connectivity index (χ1n) is 8.99. The number of aromatic nitrogens is 2. The largest absolute Gasteiger partial charge is 0.418 e. The van der Waals surface area contributed by atoms with E-state index in [-0.39, 0.29) is 22.2 Å². The summed E-state index contributed by atoms with van der Waals surface area (Å²) in [5.41, 5.74) is 0.443. The van der Waals surface area contributed by atoms with E-state index in [1.807, 2.05) is 6.07 Å². The molecule has 30 heavy (non-hydrogen) atoms. The van der Waals surface area contributed by atoms with Crippen LogP contribution >= 0.6 is 0 Å². The lowest BCUT2D eigenvalue weighted by Gasteiger charge is -2.17. The molecule has 7 heteroatoms. The van der Waals surface area contributed by atoms with Crippen LogP contribution in [0.4, 0.5) is 13.2 Å². The molecule has 148 valence electrons. The van der Waals surface area contributed by atoms with Gasteiger partial charge in [0, 0.05) is 17.1 Å². The Kier molecular flexibility index (Phi) is 4.94. The summed E-state index contributed by atoms with van der Waals surface area (Å²) in [7, 11) is 0. The predicted octanol–water partition coefficient (Wildman–Crippen LogP) is 5.27. The first-order chi connectivity index (χ1) is 14.4. The van der Waals surface area contributed by atoms with Gasteiger partial charge in [0.1, 0.15) is 6.10 Å². The predicted molar refractivity (Wildman–Crippen MR) is 105 cm³/mol. The van der Waals surface area contributed by atoms with Gasteiger partial charge in [0.15, 0.2) is 0 Å². The molecule has 1 N–H and O–H groups in total. The van der Waals surface area contributed by atoms with Crippen LogP contribution in [0.1, 0.15) is 28.5 Å². The standard InChI is InChI=1S/C23H14F3N3O/c24-23(25,26)18-8-4-7-16-17(22(30)19-9-1-2-10-28-19)12-20(29-21(16)18)15-6-3-5-14(11-15)13-27/h1-12,22,30H. The Morgan fingerprint density at radius 1 is 0.967 bits per heavy atom. The van der Waals surface area contributed by atoms with Crippen LogP contribution < -0.4 is 0 Å². The third-order valence-electron chi connectivity index (χ3n) is 4.73. The third-order valence-corrected chi connectivity index (χ3v) is 4.73. The molecular formula is C23H14F3N3O. The van der Waals surface area contributed by atoms with E-state index in [4.69, 9.17) is 5.26 Å². The number of nitrogens with zero attached hydrogens (tertiary/aromatic N) is 3. The van der Waals surface area contributed by atoms with Crippen molar-refractivity contribution in [1.29, 1.82) is 5.26 Å². The van der Waals surface area contributed by atoms with Gasteiger partial charge in [0.2, 0.25) is 0 Å². The number of alkyl halides is 3. The summed E-state index contributed by atoms with van der Waals surface area (Å²) < 4.78 is 41.0. The minimum Gasteiger partial charge on any atom is -0.382 e. The van der Waals surface area contributed by atoms with Crippen LogP contribution in [0.3, 0.4) is 0 Å². The van der Waals surface area contributed by atoms with Gasteiger partial charge in [-0.15, -0.1) is 0 Å². The normalized spacial score (nSPS) is 12.5. The number of rotatable bonds is 3. The summed E-state index contributed by atoms with van der Waals surface area (Å²) in [4.78, 5) is 8.39. The Hall–Kier alpha value is -3.76. The van der Waals surface area contributed by atoms with E-state index in [2.05, 4.69) is 9.97 Å². The number of aliphatic hydroxyl groups is 1. The molecule has 4 aromatic rings. The summed E-state index contributed by atoms with van der Waals surface area (Å²) in [6.07, 6.45) is -4.37. The lowest BCUT2D eigenvalue weighted by molar-refractivity contribution is -0.136. The number of pyridine rings is 2.